The maximum atomic E-state index is 14.1. The lowest BCUT2D eigenvalue weighted by Crippen LogP contribution is -2.40. The predicted octanol–water partition coefficient (Wildman–Crippen LogP) is 2.94. The van der Waals surface area contributed by atoms with Gasteiger partial charge in [-0.25, -0.2) is 9.37 Å². The molecule has 128 valence electrons. The summed E-state index contributed by atoms with van der Waals surface area (Å²) >= 11 is 0. The average Bonchev–Trinajstić information content (AvgIpc) is 3.06. The molecule has 0 spiro atoms. The second kappa shape index (κ2) is 6.67. The Morgan fingerprint density at radius 3 is 2.75 bits per heavy atom. The summed E-state index contributed by atoms with van der Waals surface area (Å²) < 4.78 is 19.5. The van der Waals surface area contributed by atoms with E-state index < -0.39 is 5.82 Å². The minimum atomic E-state index is -0.429. The molecule has 1 saturated heterocycles. The summed E-state index contributed by atoms with van der Waals surface area (Å²) in [7, 11) is 0. The molecule has 3 rings (SSSR count). The Kier molecular flexibility index (Phi) is 4.59. The normalized spacial score (nSPS) is 16.0. The summed E-state index contributed by atoms with van der Waals surface area (Å²) in [5, 5.41) is 3.88. The highest BCUT2D eigenvalue weighted by atomic mass is 19.1. The van der Waals surface area contributed by atoms with Gasteiger partial charge in [0, 0.05) is 31.1 Å². The van der Waals surface area contributed by atoms with Gasteiger partial charge in [0.05, 0.1) is 0 Å². The van der Waals surface area contributed by atoms with Crippen LogP contribution in [0.2, 0.25) is 0 Å². The number of nitrogens with zero attached hydrogens (tertiary/aromatic N) is 4. The Labute approximate surface area is 140 Å². The van der Waals surface area contributed by atoms with Crippen molar-refractivity contribution in [3.63, 3.8) is 0 Å². The molecule has 0 radical (unpaired) electrons. The lowest BCUT2D eigenvalue weighted by molar-refractivity contribution is -0.135. The predicted molar refractivity (Wildman–Crippen MR) is 85.6 cm³/mol. The topological polar surface area (TPSA) is 72.1 Å². The van der Waals surface area contributed by atoms with Crippen LogP contribution >= 0.6 is 0 Å². The summed E-state index contributed by atoms with van der Waals surface area (Å²) in [6.45, 7) is 6.83. The second-order valence-corrected chi connectivity index (χ2v) is 6.50. The molecule has 1 fully saturated rings. The molecule has 0 saturated carbocycles. The summed E-state index contributed by atoms with van der Waals surface area (Å²) in [6.07, 6.45) is 3.06. The monoisotopic (exact) mass is 332 g/mol. The van der Waals surface area contributed by atoms with Crippen molar-refractivity contribution in [3.05, 3.63) is 29.5 Å². The molecule has 1 amide bonds. The van der Waals surface area contributed by atoms with Crippen molar-refractivity contribution in [1.82, 2.24) is 20.0 Å². The fraction of sp³-hybridized carbons (Fsp3) is 0.529. The van der Waals surface area contributed by atoms with Gasteiger partial charge in [0.1, 0.15) is 5.69 Å². The van der Waals surface area contributed by atoms with Crippen molar-refractivity contribution in [2.75, 3.05) is 13.1 Å². The van der Waals surface area contributed by atoms with Crippen molar-refractivity contribution in [1.29, 1.82) is 0 Å². The standard InChI is InChI=1S/C17H21FN4O2/c1-10(2)17(23)22-8-5-12(6-9-22)16-20-15(21-24-16)14-13(18)11(3)4-7-19-14/h4,7,10,12H,5-6,8-9H2,1-3H3. The van der Waals surface area contributed by atoms with Crippen molar-refractivity contribution in [2.24, 2.45) is 5.92 Å². The van der Waals surface area contributed by atoms with Crippen LogP contribution < -0.4 is 0 Å². The number of aryl methyl sites for hydroxylation is 1. The Hall–Kier alpha value is -2.31. The molecule has 7 heteroatoms. The number of piperidine rings is 1. The number of pyridine rings is 1. The van der Waals surface area contributed by atoms with E-state index in [1.807, 2.05) is 18.7 Å². The molecule has 0 bridgehead atoms. The van der Waals surface area contributed by atoms with E-state index >= 15 is 0 Å². The number of hydrogen-bond acceptors (Lipinski definition) is 5. The van der Waals surface area contributed by atoms with Crippen LogP contribution in [-0.4, -0.2) is 39.0 Å². The molecule has 1 aliphatic heterocycles. The molecular weight excluding hydrogens is 311 g/mol. The second-order valence-electron chi connectivity index (χ2n) is 6.50. The maximum Gasteiger partial charge on any atom is 0.230 e. The molecule has 0 N–H and O–H groups in total. The van der Waals surface area contributed by atoms with Gasteiger partial charge in [0.2, 0.25) is 17.6 Å². The van der Waals surface area contributed by atoms with E-state index in [-0.39, 0.29) is 29.3 Å². The summed E-state index contributed by atoms with van der Waals surface area (Å²) in [5.74, 6) is 0.506. The lowest BCUT2D eigenvalue weighted by Gasteiger charge is -2.31. The Morgan fingerprint density at radius 1 is 1.38 bits per heavy atom. The molecule has 3 heterocycles. The van der Waals surface area contributed by atoms with Gasteiger partial charge < -0.3 is 9.42 Å². The summed E-state index contributed by atoms with van der Waals surface area (Å²) in [5.41, 5.74) is 0.601. The maximum absolute atomic E-state index is 14.1. The zero-order chi connectivity index (χ0) is 17.3. The van der Waals surface area contributed by atoms with Crippen molar-refractivity contribution in [3.8, 4) is 11.5 Å². The van der Waals surface area contributed by atoms with E-state index in [1.165, 1.54) is 6.20 Å². The quantitative estimate of drug-likeness (QED) is 0.864. The highest BCUT2D eigenvalue weighted by Gasteiger charge is 2.29. The highest BCUT2D eigenvalue weighted by molar-refractivity contribution is 5.78. The van der Waals surface area contributed by atoms with Crippen molar-refractivity contribution < 1.29 is 13.7 Å². The Balaban J connectivity index is 1.71. The fourth-order valence-corrected chi connectivity index (χ4v) is 2.91. The van der Waals surface area contributed by atoms with Gasteiger partial charge in [0.25, 0.3) is 0 Å². The van der Waals surface area contributed by atoms with Gasteiger partial charge in [-0.1, -0.05) is 19.0 Å². The van der Waals surface area contributed by atoms with E-state index in [1.54, 1.807) is 13.0 Å². The van der Waals surface area contributed by atoms with Crippen molar-refractivity contribution in [2.45, 2.75) is 39.5 Å². The van der Waals surface area contributed by atoms with Crippen LogP contribution in [0.4, 0.5) is 4.39 Å². The number of carbonyl (C=O) groups is 1. The first-order valence-corrected chi connectivity index (χ1v) is 8.21. The first-order valence-electron chi connectivity index (χ1n) is 8.21. The van der Waals surface area contributed by atoms with Crippen molar-refractivity contribution >= 4 is 5.91 Å². The molecular formula is C17H21FN4O2. The van der Waals surface area contributed by atoms with Crippen LogP contribution in [0.25, 0.3) is 11.5 Å². The van der Waals surface area contributed by atoms with Gasteiger partial charge in [-0.05, 0) is 31.4 Å². The van der Waals surface area contributed by atoms with E-state index in [4.69, 9.17) is 4.52 Å². The molecule has 2 aromatic heterocycles. The number of halogens is 1. The molecule has 0 aliphatic carbocycles. The third kappa shape index (κ3) is 3.16. The minimum Gasteiger partial charge on any atom is -0.342 e. The largest absolute Gasteiger partial charge is 0.342 e. The van der Waals surface area contributed by atoms with Gasteiger partial charge in [0.15, 0.2) is 5.82 Å². The molecule has 1 aliphatic rings. The zero-order valence-electron chi connectivity index (χ0n) is 14.1. The van der Waals surface area contributed by atoms with Gasteiger partial charge in [-0.3, -0.25) is 4.79 Å². The van der Waals surface area contributed by atoms with E-state index in [0.29, 0.717) is 24.5 Å². The molecule has 24 heavy (non-hydrogen) atoms. The summed E-state index contributed by atoms with van der Waals surface area (Å²) in [6, 6.07) is 1.60. The van der Waals surface area contributed by atoms with E-state index in [0.717, 1.165) is 12.8 Å². The van der Waals surface area contributed by atoms with Crippen LogP contribution in [0.3, 0.4) is 0 Å². The zero-order valence-corrected chi connectivity index (χ0v) is 14.1. The smallest absolute Gasteiger partial charge is 0.230 e. The number of hydrogen-bond donors (Lipinski definition) is 0. The Bertz CT molecular complexity index is 736. The minimum absolute atomic E-state index is 0.00641. The third-order valence-electron chi connectivity index (χ3n) is 4.39. The fourth-order valence-electron chi connectivity index (χ4n) is 2.91. The van der Waals surface area contributed by atoms with E-state index in [2.05, 4.69) is 15.1 Å². The van der Waals surface area contributed by atoms with Crippen LogP contribution in [0.15, 0.2) is 16.8 Å². The average molecular weight is 332 g/mol. The first-order chi connectivity index (χ1) is 11.5. The number of amides is 1. The Morgan fingerprint density at radius 2 is 2.08 bits per heavy atom. The molecule has 0 atom stereocenters. The van der Waals surface area contributed by atoms with Crippen LogP contribution in [-0.2, 0) is 4.79 Å². The molecule has 6 nitrogen and oxygen atoms in total. The van der Waals surface area contributed by atoms with Gasteiger partial charge in [-0.2, -0.15) is 4.98 Å². The van der Waals surface area contributed by atoms with Crippen LogP contribution in [0, 0.1) is 18.7 Å². The lowest BCUT2D eigenvalue weighted by atomic mass is 9.96. The van der Waals surface area contributed by atoms with Crippen LogP contribution in [0.1, 0.15) is 44.1 Å². The first kappa shape index (κ1) is 16.5. The van der Waals surface area contributed by atoms with E-state index in [9.17, 15) is 9.18 Å². The number of rotatable bonds is 3. The SMILES string of the molecule is Cc1ccnc(-c2noc(C3CCN(C(=O)C(C)C)CC3)n2)c1F. The van der Waals surface area contributed by atoms with Gasteiger partial charge >= 0.3 is 0 Å². The number of aromatic nitrogens is 3. The van der Waals surface area contributed by atoms with Gasteiger partial charge in [-0.15, -0.1) is 0 Å². The third-order valence-corrected chi connectivity index (χ3v) is 4.39. The highest BCUT2D eigenvalue weighted by Crippen LogP contribution is 2.29. The summed E-state index contributed by atoms with van der Waals surface area (Å²) in [4.78, 5) is 22.2. The molecule has 2 aromatic rings. The number of carbonyl (C=O) groups excluding carboxylic acids is 1. The van der Waals surface area contributed by atoms with Crippen LogP contribution in [0.5, 0.6) is 0 Å². The molecule has 0 unspecified atom stereocenters. The molecule has 0 aromatic carbocycles. The number of likely N-dealkylation sites (tertiary alicyclic amines) is 1.